The third-order valence-electron chi connectivity index (χ3n) is 4.37. The lowest BCUT2D eigenvalue weighted by molar-refractivity contribution is 0.739. The van der Waals surface area contributed by atoms with E-state index in [0.717, 1.165) is 23.3 Å². The first-order valence-corrected chi connectivity index (χ1v) is 10.9. The van der Waals surface area contributed by atoms with Crippen LogP contribution in [0.15, 0.2) is 60.3 Å². The Labute approximate surface area is 148 Å². The molecule has 0 aliphatic rings. The van der Waals surface area contributed by atoms with Crippen molar-refractivity contribution in [2.24, 2.45) is 0 Å². The highest BCUT2D eigenvalue weighted by molar-refractivity contribution is 8.77. The Morgan fingerprint density at radius 2 is 2.00 bits per heavy atom. The molecule has 0 radical (unpaired) electrons. The molecule has 4 aromatic rings. The molecule has 4 rings (SSSR count). The third-order valence-corrected chi connectivity index (χ3v) is 6.08. The fourth-order valence-corrected chi connectivity index (χ4v) is 3.92. The Hall–Kier alpha value is -1.92. The Balaban J connectivity index is 1.60. The van der Waals surface area contributed by atoms with Gasteiger partial charge in [0, 0.05) is 23.5 Å². The molecule has 0 fully saturated rings. The van der Waals surface area contributed by atoms with Crippen LogP contribution in [0.5, 0.6) is 0 Å². The van der Waals surface area contributed by atoms with Gasteiger partial charge in [-0.2, -0.15) is 9.93 Å². The Morgan fingerprint density at radius 1 is 1.12 bits per heavy atom. The van der Waals surface area contributed by atoms with Crippen molar-refractivity contribution in [2.45, 2.75) is 24.2 Å². The molecule has 0 N–H and O–H groups in total. The number of hydrogen-bond acceptors (Lipinski definition) is 3. The number of rotatable bonds is 4. The van der Waals surface area contributed by atoms with Gasteiger partial charge in [0.2, 0.25) is 0 Å². The molecule has 0 aliphatic carbocycles. The summed E-state index contributed by atoms with van der Waals surface area (Å²) in [5.74, 6) is 0.398. The first kappa shape index (κ1) is 15.6. The van der Waals surface area contributed by atoms with Gasteiger partial charge >= 0.3 is 0 Å². The zero-order valence-corrected chi connectivity index (χ0v) is 15.5. The van der Waals surface area contributed by atoms with Crippen LogP contribution in [-0.4, -0.2) is 25.0 Å². The lowest BCUT2D eigenvalue weighted by Crippen LogP contribution is -2.00. The smallest absolute Gasteiger partial charge is 0.137 e. The molecule has 0 bridgehead atoms. The van der Waals surface area contributed by atoms with Gasteiger partial charge in [0.25, 0.3) is 0 Å². The molecule has 0 saturated heterocycles. The largest absolute Gasteiger partial charge is 0.306 e. The summed E-state index contributed by atoms with van der Waals surface area (Å²) in [6, 6.07) is 8.50. The predicted octanol–water partition coefficient (Wildman–Crippen LogP) is 4.16. The van der Waals surface area contributed by atoms with Crippen LogP contribution in [0.1, 0.15) is 24.1 Å². The third kappa shape index (κ3) is 2.91. The van der Waals surface area contributed by atoms with Crippen LogP contribution >= 0.6 is 21.6 Å². The van der Waals surface area contributed by atoms with Gasteiger partial charge < -0.3 is 8.80 Å². The molecule has 0 spiro atoms. The molecule has 124 valence electrons. The van der Waals surface area contributed by atoms with Crippen LogP contribution in [0.3, 0.4) is 0 Å². The summed E-state index contributed by atoms with van der Waals surface area (Å²) in [5.41, 5.74) is 4.53. The number of imidazole rings is 2. The summed E-state index contributed by atoms with van der Waals surface area (Å²) in [5, 5.41) is 0. The fourth-order valence-electron chi connectivity index (χ4n) is 2.98. The number of hydrogen-bond donors (Lipinski definition) is 2. The van der Waals surface area contributed by atoms with Gasteiger partial charge in [0.05, 0.1) is 23.7 Å². The first-order chi connectivity index (χ1) is 11.6. The Morgan fingerprint density at radius 3 is 2.83 bits per heavy atom. The van der Waals surface area contributed by atoms with Crippen molar-refractivity contribution < 1.29 is 0 Å². The predicted molar refractivity (Wildman–Crippen MR) is 105 cm³/mol. The minimum atomic E-state index is -0.388. The molecule has 24 heavy (non-hydrogen) atoms. The Bertz CT molecular complexity index is 1000. The van der Waals surface area contributed by atoms with E-state index in [2.05, 4.69) is 81.5 Å². The van der Waals surface area contributed by atoms with E-state index in [1.54, 1.807) is 0 Å². The van der Waals surface area contributed by atoms with Crippen LogP contribution in [0, 0.1) is 0 Å². The molecule has 0 aliphatic heterocycles. The lowest BCUT2D eigenvalue weighted by Gasteiger charge is -2.10. The van der Waals surface area contributed by atoms with E-state index in [1.807, 2.05) is 12.5 Å². The number of thiol groups is 2. The molecule has 0 aromatic carbocycles. The van der Waals surface area contributed by atoms with Gasteiger partial charge in [0.15, 0.2) is 0 Å². The van der Waals surface area contributed by atoms with Crippen molar-refractivity contribution in [2.75, 3.05) is 6.26 Å². The molecule has 0 amide bonds. The van der Waals surface area contributed by atoms with E-state index in [-0.39, 0.29) is 9.93 Å². The van der Waals surface area contributed by atoms with Crippen LogP contribution < -0.4 is 0 Å². The molecule has 4 heterocycles. The summed E-state index contributed by atoms with van der Waals surface area (Å²) in [6.45, 7) is 2.24. The maximum absolute atomic E-state index is 4.76. The molecule has 4 nitrogen and oxygen atoms in total. The van der Waals surface area contributed by atoms with Gasteiger partial charge in [-0.15, -0.1) is 11.7 Å². The summed E-state index contributed by atoms with van der Waals surface area (Å²) in [4.78, 5) is 10.2. The van der Waals surface area contributed by atoms with E-state index >= 15 is 0 Å². The van der Waals surface area contributed by atoms with Crippen molar-refractivity contribution in [3.05, 3.63) is 66.6 Å². The highest BCUT2D eigenvalue weighted by Gasteiger charge is 2.11. The summed E-state index contributed by atoms with van der Waals surface area (Å²) in [7, 11) is -0.388. The van der Waals surface area contributed by atoms with Crippen LogP contribution in [0.25, 0.3) is 11.2 Å². The van der Waals surface area contributed by atoms with E-state index in [4.69, 9.17) is 4.98 Å². The van der Waals surface area contributed by atoms with Crippen LogP contribution in [0.4, 0.5) is 0 Å². The minimum Gasteiger partial charge on any atom is -0.306 e. The SMILES string of the molecule is CC(Cc1cn2cc([SH](C)S)ccc2n1)c1ccc2cncn2c1. The second-order valence-corrected chi connectivity index (χ2v) is 9.57. The van der Waals surface area contributed by atoms with Gasteiger partial charge in [-0.25, -0.2) is 9.97 Å². The molecule has 2 unspecified atom stereocenters. The summed E-state index contributed by atoms with van der Waals surface area (Å²) < 4.78 is 4.18. The zero-order valence-electron chi connectivity index (χ0n) is 13.7. The van der Waals surface area contributed by atoms with Crippen molar-refractivity contribution in [1.82, 2.24) is 18.8 Å². The highest BCUT2D eigenvalue weighted by Crippen LogP contribution is 2.36. The van der Waals surface area contributed by atoms with Gasteiger partial charge in [-0.1, -0.05) is 13.0 Å². The Kier molecular flexibility index (Phi) is 4.02. The minimum absolute atomic E-state index is 0.388. The quantitative estimate of drug-likeness (QED) is 0.425. The maximum atomic E-state index is 4.76. The summed E-state index contributed by atoms with van der Waals surface area (Å²) in [6.07, 6.45) is 13.2. The number of nitrogens with zero attached hydrogens (tertiary/aromatic N) is 4. The first-order valence-electron chi connectivity index (χ1n) is 7.92. The average Bonchev–Trinajstić information content (AvgIpc) is 3.18. The second-order valence-electron chi connectivity index (χ2n) is 6.20. The van der Waals surface area contributed by atoms with Gasteiger partial charge in [-0.3, -0.25) is 0 Å². The van der Waals surface area contributed by atoms with Gasteiger partial charge in [-0.05, 0) is 42.4 Å². The van der Waals surface area contributed by atoms with Crippen LogP contribution in [-0.2, 0) is 6.42 Å². The molecule has 0 saturated carbocycles. The second kappa shape index (κ2) is 6.18. The lowest BCUT2D eigenvalue weighted by atomic mass is 9.98. The number of pyridine rings is 2. The van der Waals surface area contributed by atoms with Gasteiger partial charge in [0.1, 0.15) is 5.65 Å². The standard InChI is InChI=1S/C18H20N4S2/c1-13(14-3-4-16-8-19-12-22(16)9-14)7-15-10-21-11-17(24(2)23)5-6-18(21)20-15/h3-6,8-13,23-24H,7H2,1-2H3. The normalized spacial score (nSPS) is 15.0. The number of aromatic nitrogens is 4. The van der Waals surface area contributed by atoms with E-state index < -0.39 is 0 Å². The molecule has 6 heteroatoms. The number of fused-ring (bicyclic) bond motifs is 2. The van der Waals surface area contributed by atoms with Crippen molar-refractivity contribution in [3.63, 3.8) is 0 Å². The molecular weight excluding hydrogens is 336 g/mol. The average molecular weight is 357 g/mol. The molecular formula is C18H20N4S2. The zero-order chi connectivity index (χ0) is 16.7. The molecule has 4 aromatic heterocycles. The van der Waals surface area contributed by atoms with Crippen molar-refractivity contribution >= 4 is 32.8 Å². The van der Waals surface area contributed by atoms with E-state index in [0.29, 0.717) is 5.92 Å². The topological polar surface area (TPSA) is 34.6 Å². The molecule has 2 atom stereocenters. The monoisotopic (exact) mass is 356 g/mol. The maximum Gasteiger partial charge on any atom is 0.137 e. The van der Waals surface area contributed by atoms with E-state index in [9.17, 15) is 0 Å². The highest BCUT2D eigenvalue weighted by atomic mass is 33.1. The van der Waals surface area contributed by atoms with Crippen molar-refractivity contribution in [1.29, 1.82) is 0 Å². The summed E-state index contributed by atoms with van der Waals surface area (Å²) >= 11 is 4.57. The van der Waals surface area contributed by atoms with Crippen molar-refractivity contribution in [3.8, 4) is 0 Å². The van der Waals surface area contributed by atoms with E-state index in [1.165, 1.54) is 10.5 Å². The van der Waals surface area contributed by atoms with Crippen LogP contribution in [0.2, 0.25) is 0 Å². The fraction of sp³-hybridized carbons (Fsp3) is 0.222.